The molecule has 0 unspecified atom stereocenters. The third-order valence-corrected chi connectivity index (χ3v) is 6.14. The van der Waals surface area contributed by atoms with Crippen LogP contribution in [0.15, 0.2) is 79.0 Å². The first-order valence-corrected chi connectivity index (χ1v) is 11.4. The van der Waals surface area contributed by atoms with Gasteiger partial charge < -0.3 is 5.32 Å². The molecule has 0 radical (unpaired) electrons. The molecule has 5 heteroatoms. The summed E-state index contributed by atoms with van der Waals surface area (Å²) >= 11 is 0. The quantitative estimate of drug-likeness (QED) is 0.550. The van der Waals surface area contributed by atoms with E-state index in [1.807, 2.05) is 48.5 Å². The van der Waals surface area contributed by atoms with E-state index in [2.05, 4.69) is 27.3 Å². The van der Waals surface area contributed by atoms with Gasteiger partial charge in [-0.05, 0) is 67.1 Å². The Morgan fingerprint density at radius 1 is 1.03 bits per heavy atom. The highest BCUT2D eigenvalue weighted by atomic mass is 19.1. The van der Waals surface area contributed by atoms with Gasteiger partial charge in [0.15, 0.2) is 0 Å². The molecule has 1 amide bonds. The van der Waals surface area contributed by atoms with Crippen LogP contribution in [0.3, 0.4) is 0 Å². The van der Waals surface area contributed by atoms with Crippen molar-refractivity contribution in [3.8, 4) is 0 Å². The fourth-order valence-electron chi connectivity index (χ4n) is 4.50. The number of benzene rings is 2. The molecule has 1 fully saturated rings. The minimum absolute atomic E-state index is 0.0557. The van der Waals surface area contributed by atoms with Gasteiger partial charge in [-0.25, -0.2) is 4.39 Å². The van der Waals surface area contributed by atoms with Crippen molar-refractivity contribution in [1.29, 1.82) is 0 Å². The van der Waals surface area contributed by atoms with Gasteiger partial charge in [0, 0.05) is 25.7 Å². The van der Waals surface area contributed by atoms with Gasteiger partial charge in [0.1, 0.15) is 5.82 Å². The van der Waals surface area contributed by atoms with E-state index in [9.17, 15) is 9.18 Å². The maximum Gasteiger partial charge on any atom is 0.220 e. The lowest BCUT2D eigenvalue weighted by atomic mass is 9.88. The van der Waals surface area contributed by atoms with E-state index in [0.29, 0.717) is 6.42 Å². The second kappa shape index (κ2) is 11.0. The summed E-state index contributed by atoms with van der Waals surface area (Å²) in [6, 6.07) is 22.6. The highest BCUT2D eigenvalue weighted by molar-refractivity contribution is 5.76. The molecule has 4 nitrogen and oxygen atoms in total. The summed E-state index contributed by atoms with van der Waals surface area (Å²) in [5.41, 5.74) is 3.18. The first kappa shape index (κ1) is 22.2. The summed E-state index contributed by atoms with van der Waals surface area (Å²) in [4.78, 5) is 19.8. The molecule has 0 bridgehead atoms. The van der Waals surface area contributed by atoms with Crippen LogP contribution >= 0.6 is 0 Å². The molecule has 2 aromatic carbocycles. The maximum absolute atomic E-state index is 13.3. The van der Waals surface area contributed by atoms with Crippen molar-refractivity contribution in [3.63, 3.8) is 0 Å². The van der Waals surface area contributed by atoms with E-state index in [1.54, 1.807) is 6.20 Å². The Hall–Kier alpha value is -3.05. The summed E-state index contributed by atoms with van der Waals surface area (Å²) in [6.45, 7) is 2.66. The Morgan fingerprint density at radius 3 is 2.56 bits per heavy atom. The first-order valence-electron chi connectivity index (χ1n) is 11.4. The third kappa shape index (κ3) is 6.24. The topological polar surface area (TPSA) is 45.2 Å². The Labute approximate surface area is 189 Å². The highest BCUT2D eigenvalue weighted by Gasteiger charge is 2.30. The van der Waals surface area contributed by atoms with Gasteiger partial charge in [-0.1, -0.05) is 48.5 Å². The van der Waals surface area contributed by atoms with Crippen molar-refractivity contribution in [1.82, 2.24) is 15.2 Å². The summed E-state index contributed by atoms with van der Waals surface area (Å²) in [5.74, 6) is 0.124. The van der Waals surface area contributed by atoms with Crippen molar-refractivity contribution in [3.05, 3.63) is 102 Å². The van der Waals surface area contributed by atoms with Gasteiger partial charge in [0.2, 0.25) is 5.91 Å². The molecular formula is C27H30FN3O. The predicted octanol–water partition coefficient (Wildman–Crippen LogP) is 4.92. The molecule has 2 atom stereocenters. The molecule has 166 valence electrons. The van der Waals surface area contributed by atoms with E-state index >= 15 is 0 Å². The third-order valence-electron chi connectivity index (χ3n) is 6.14. The molecule has 0 aliphatic carbocycles. The number of aromatic nitrogens is 1. The summed E-state index contributed by atoms with van der Waals surface area (Å²) in [6.07, 6.45) is 5.08. The zero-order valence-electron chi connectivity index (χ0n) is 18.3. The first-order chi connectivity index (χ1) is 15.7. The summed E-state index contributed by atoms with van der Waals surface area (Å²) in [7, 11) is 0. The van der Waals surface area contributed by atoms with Crippen LogP contribution in [0.2, 0.25) is 0 Å². The van der Waals surface area contributed by atoms with Gasteiger partial charge in [-0.3, -0.25) is 14.7 Å². The van der Waals surface area contributed by atoms with E-state index in [4.69, 9.17) is 0 Å². The highest BCUT2D eigenvalue weighted by Crippen LogP contribution is 2.30. The molecule has 0 saturated carbocycles. The zero-order valence-corrected chi connectivity index (χ0v) is 18.3. The number of likely N-dealkylation sites (tertiary alicyclic amines) is 1. The van der Waals surface area contributed by atoms with E-state index in [0.717, 1.165) is 50.2 Å². The van der Waals surface area contributed by atoms with Crippen LogP contribution in [0.25, 0.3) is 0 Å². The number of halogens is 1. The number of hydrogen-bond acceptors (Lipinski definition) is 3. The van der Waals surface area contributed by atoms with Crippen LogP contribution < -0.4 is 5.32 Å². The smallest absolute Gasteiger partial charge is 0.220 e. The van der Waals surface area contributed by atoms with Crippen molar-refractivity contribution >= 4 is 5.91 Å². The molecule has 1 aliphatic rings. The van der Waals surface area contributed by atoms with Crippen molar-refractivity contribution in [2.75, 3.05) is 13.1 Å². The van der Waals surface area contributed by atoms with Crippen molar-refractivity contribution in [2.45, 2.75) is 38.3 Å². The number of nitrogens with one attached hydrogen (secondary N) is 1. The second-order valence-corrected chi connectivity index (χ2v) is 8.55. The summed E-state index contributed by atoms with van der Waals surface area (Å²) < 4.78 is 13.3. The van der Waals surface area contributed by atoms with Crippen LogP contribution in [0.4, 0.5) is 4.39 Å². The average Bonchev–Trinajstić information content (AvgIpc) is 2.84. The fourth-order valence-corrected chi connectivity index (χ4v) is 4.50. The van der Waals surface area contributed by atoms with E-state index in [1.165, 1.54) is 17.7 Å². The molecule has 0 spiro atoms. The molecule has 4 rings (SSSR count). The molecule has 2 heterocycles. The number of rotatable bonds is 8. The lowest BCUT2D eigenvalue weighted by Gasteiger charge is -2.37. The minimum Gasteiger partial charge on any atom is -0.347 e. The molecule has 1 N–H and O–H groups in total. The summed E-state index contributed by atoms with van der Waals surface area (Å²) in [5, 5.41) is 3.29. The Bertz CT molecular complexity index is 979. The van der Waals surface area contributed by atoms with Gasteiger partial charge in [0.25, 0.3) is 0 Å². The van der Waals surface area contributed by atoms with Crippen molar-refractivity contribution < 1.29 is 9.18 Å². The predicted molar refractivity (Wildman–Crippen MR) is 124 cm³/mol. The Balaban J connectivity index is 1.42. The van der Waals surface area contributed by atoms with Crippen LogP contribution in [0.5, 0.6) is 0 Å². The zero-order chi connectivity index (χ0) is 22.2. The largest absolute Gasteiger partial charge is 0.347 e. The number of carbonyl (C=O) groups excluding carboxylic acids is 1. The Morgan fingerprint density at radius 2 is 1.81 bits per heavy atom. The van der Waals surface area contributed by atoms with Crippen molar-refractivity contribution in [2.24, 2.45) is 5.92 Å². The molecule has 1 aromatic heterocycles. The molecule has 1 saturated heterocycles. The SMILES string of the molecule is O=C(CCc1ccccc1)N[C@H](c1ccccn1)[C@H]1CCCN(Cc2ccc(F)cc2)C1. The van der Waals surface area contributed by atoms with Crippen LogP contribution in [0.1, 0.15) is 42.1 Å². The monoisotopic (exact) mass is 431 g/mol. The number of amides is 1. The lowest BCUT2D eigenvalue weighted by molar-refractivity contribution is -0.122. The normalized spacial score (nSPS) is 17.6. The lowest BCUT2D eigenvalue weighted by Crippen LogP contribution is -2.43. The molecule has 1 aliphatic heterocycles. The van der Waals surface area contributed by atoms with Gasteiger partial charge in [0.05, 0.1) is 11.7 Å². The molecular weight excluding hydrogens is 401 g/mol. The van der Waals surface area contributed by atoms with E-state index < -0.39 is 0 Å². The number of piperidine rings is 1. The molecule has 3 aromatic rings. The molecule has 32 heavy (non-hydrogen) atoms. The number of carbonyl (C=O) groups is 1. The maximum atomic E-state index is 13.3. The van der Waals surface area contributed by atoms with Crippen LogP contribution in [-0.4, -0.2) is 28.9 Å². The van der Waals surface area contributed by atoms with Gasteiger partial charge in [-0.2, -0.15) is 0 Å². The number of pyridine rings is 1. The standard InChI is InChI=1S/C27H30FN3O/c28-24-14-11-22(12-15-24)19-31-18-6-9-23(20-31)27(25-10-4-5-17-29-25)30-26(32)16-13-21-7-2-1-3-8-21/h1-5,7-8,10-12,14-15,17,23,27H,6,9,13,16,18-20H2,(H,30,32)/t23-,27-/m0/s1. The average molecular weight is 432 g/mol. The second-order valence-electron chi connectivity index (χ2n) is 8.55. The van der Waals surface area contributed by atoms with Crippen LogP contribution in [0, 0.1) is 11.7 Å². The number of aryl methyl sites for hydroxylation is 1. The fraction of sp³-hybridized carbons (Fsp3) is 0.333. The van der Waals surface area contributed by atoms with E-state index in [-0.39, 0.29) is 23.7 Å². The van der Waals surface area contributed by atoms with Crippen LogP contribution in [-0.2, 0) is 17.8 Å². The van der Waals surface area contributed by atoms with Gasteiger partial charge in [-0.15, -0.1) is 0 Å². The number of hydrogen-bond donors (Lipinski definition) is 1. The van der Waals surface area contributed by atoms with Gasteiger partial charge >= 0.3 is 0 Å². The Kier molecular flexibility index (Phi) is 7.62. The number of nitrogens with zero attached hydrogens (tertiary/aromatic N) is 2. The minimum atomic E-state index is -0.210.